The van der Waals surface area contributed by atoms with Crippen LogP contribution in [-0.2, 0) is 20.0 Å². The fourth-order valence-electron chi connectivity index (χ4n) is 3.08. The van der Waals surface area contributed by atoms with Gasteiger partial charge in [-0.25, -0.2) is 16.8 Å². The molecule has 0 aromatic heterocycles. The van der Waals surface area contributed by atoms with E-state index in [1.54, 1.807) is 31.2 Å². The van der Waals surface area contributed by atoms with Crippen LogP contribution in [0.2, 0.25) is 0 Å². The number of anilines is 1. The summed E-state index contributed by atoms with van der Waals surface area (Å²) in [6.07, 6.45) is 1.58. The van der Waals surface area contributed by atoms with Gasteiger partial charge in [-0.2, -0.15) is 9.52 Å². The Labute approximate surface area is 166 Å². The average Bonchev–Trinajstić information content (AvgIpc) is 3.08. The second-order valence-corrected chi connectivity index (χ2v) is 10.7. The minimum absolute atomic E-state index is 0.0110. The number of benzene rings is 2. The molecule has 150 valence electrons. The third kappa shape index (κ3) is 4.53. The number of hydrazone groups is 1. The molecule has 7 nitrogen and oxygen atoms in total. The van der Waals surface area contributed by atoms with Gasteiger partial charge in [-0.05, 0) is 37.1 Å². The SMILES string of the molecule is CCS(=O)(=O)Nc1ccc(C2=NN(S(C)(=O)=O)C(c3cccc(C)c3)C2)cc1. The fraction of sp³-hybridized carbons (Fsp3) is 0.316. The lowest BCUT2D eigenvalue weighted by atomic mass is 9.98. The molecule has 0 spiro atoms. The van der Waals surface area contributed by atoms with Crippen molar-refractivity contribution in [1.29, 1.82) is 0 Å². The lowest BCUT2D eigenvalue weighted by molar-refractivity contribution is 0.374. The first-order valence-corrected chi connectivity index (χ1v) is 12.3. The molecule has 0 radical (unpaired) electrons. The largest absolute Gasteiger partial charge is 0.284 e. The number of sulfonamides is 2. The van der Waals surface area contributed by atoms with Gasteiger partial charge in [0.1, 0.15) is 0 Å². The first-order chi connectivity index (χ1) is 13.1. The lowest BCUT2D eigenvalue weighted by Crippen LogP contribution is -2.25. The molecule has 28 heavy (non-hydrogen) atoms. The molecule has 2 aromatic carbocycles. The molecule has 0 saturated heterocycles. The summed E-state index contributed by atoms with van der Waals surface area (Å²) in [5.41, 5.74) is 3.79. The summed E-state index contributed by atoms with van der Waals surface area (Å²) in [4.78, 5) is 0. The Balaban J connectivity index is 1.90. The second-order valence-electron chi connectivity index (χ2n) is 6.80. The molecular weight excluding hydrogens is 398 g/mol. The highest BCUT2D eigenvalue weighted by Gasteiger charge is 2.34. The normalized spacial score (nSPS) is 17.5. The van der Waals surface area contributed by atoms with Gasteiger partial charge in [0, 0.05) is 12.1 Å². The standard InChI is InChI=1S/C19H23N3O4S2/c1-4-28(25,26)21-17-10-8-15(9-11-17)18-13-19(22(20-18)27(3,23)24)16-7-5-6-14(2)12-16/h5-12,19,21H,4,13H2,1-3H3. The van der Waals surface area contributed by atoms with Crippen LogP contribution in [0.3, 0.4) is 0 Å². The van der Waals surface area contributed by atoms with E-state index in [0.29, 0.717) is 17.8 Å². The Hall–Kier alpha value is -2.39. The zero-order valence-electron chi connectivity index (χ0n) is 16.0. The Kier molecular flexibility index (Phi) is 5.49. The van der Waals surface area contributed by atoms with Crippen molar-refractivity contribution in [3.05, 3.63) is 65.2 Å². The molecule has 0 bridgehead atoms. The quantitative estimate of drug-likeness (QED) is 0.776. The zero-order valence-corrected chi connectivity index (χ0v) is 17.6. The topological polar surface area (TPSA) is 95.9 Å². The van der Waals surface area contributed by atoms with Gasteiger partial charge in [-0.1, -0.05) is 42.0 Å². The van der Waals surface area contributed by atoms with Gasteiger partial charge in [0.25, 0.3) is 0 Å². The van der Waals surface area contributed by atoms with E-state index in [1.807, 2.05) is 31.2 Å². The Morgan fingerprint density at radius 3 is 2.36 bits per heavy atom. The van der Waals surface area contributed by atoms with Gasteiger partial charge in [-0.15, -0.1) is 0 Å². The Bertz CT molecular complexity index is 1110. The van der Waals surface area contributed by atoms with Crippen LogP contribution in [0.15, 0.2) is 53.6 Å². The molecule has 9 heteroatoms. The van der Waals surface area contributed by atoms with Gasteiger partial charge in [-0.3, -0.25) is 4.72 Å². The third-order valence-electron chi connectivity index (χ3n) is 4.51. The maximum absolute atomic E-state index is 12.3. The van der Waals surface area contributed by atoms with Crippen LogP contribution < -0.4 is 4.72 Å². The van der Waals surface area contributed by atoms with E-state index >= 15 is 0 Å². The first-order valence-electron chi connectivity index (χ1n) is 8.83. The van der Waals surface area contributed by atoms with Crippen LogP contribution in [-0.4, -0.2) is 39.0 Å². The van der Waals surface area contributed by atoms with Crippen LogP contribution in [0.5, 0.6) is 0 Å². The van der Waals surface area contributed by atoms with Crippen LogP contribution in [0, 0.1) is 6.92 Å². The van der Waals surface area contributed by atoms with Gasteiger partial charge in [0.05, 0.1) is 23.8 Å². The van der Waals surface area contributed by atoms with Crippen molar-refractivity contribution in [3.63, 3.8) is 0 Å². The average molecular weight is 422 g/mol. The molecule has 0 aliphatic carbocycles. The predicted molar refractivity (Wildman–Crippen MR) is 111 cm³/mol. The van der Waals surface area contributed by atoms with Crippen LogP contribution >= 0.6 is 0 Å². The van der Waals surface area contributed by atoms with Crippen molar-refractivity contribution in [2.24, 2.45) is 5.10 Å². The molecule has 1 unspecified atom stereocenters. The highest BCUT2D eigenvalue weighted by atomic mass is 32.2. The summed E-state index contributed by atoms with van der Waals surface area (Å²) in [5.74, 6) is -0.0110. The van der Waals surface area contributed by atoms with E-state index in [4.69, 9.17) is 0 Å². The maximum Gasteiger partial charge on any atom is 0.247 e. The van der Waals surface area contributed by atoms with Crippen molar-refractivity contribution in [2.45, 2.75) is 26.3 Å². The van der Waals surface area contributed by atoms with Crippen LogP contribution in [0.25, 0.3) is 0 Å². The summed E-state index contributed by atoms with van der Waals surface area (Å²) >= 11 is 0. The first kappa shape index (κ1) is 20.3. The van der Waals surface area contributed by atoms with Gasteiger partial charge >= 0.3 is 0 Å². The Morgan fingerprint density at radius 1 is 1.11 bits per heavy atom. The summed E-state index contributed by atoms with van der Waals surface area (Å²) in [6.45, 7) is 3.52. The summed E-state index contributed by atoms with van der Waals surface area (Å²) < 4.78 is 51.5. The van der Waals surface area contributed by atoms with E-state index in [9.17, 15) is 16.8 Å². The number of rotatable bonds is 6. The van der Waals surface area contributed by atoms with Crippen molar-refractivity contribution in [2.75, 3.05) is 16.7 Å². The van der Waals surface area contributed by atoms with Crippen LogP contribution in [0.1, 0.15) is 36.1 Å². The molecule has 1 N–H and O–H groups in total. The van der Waals surface area contributed by atoms with E-state index in [2.05, 4.69) is 9.82 Å². The fourth-order valence-corrected chi connectivity index (χ4v) is 4.62. The molecular formula is C19H23N3O4S2. The summed E-state index contributed by atoms with van der Waals surface area (Å²) in [7, 11) is -6.88. The maximum atomic E-state index is 12.3. The monoisotopic (exact) mass is 421 g/mol. The van der Waals surface area contributed by atoms with E-state index in [1.165, 1.54) is 0 Å². The number of nitrogens with zero attached hydrogens (tertiary/aromatic N) is 2. The molecule has 0 saturated carbocycles. The van der Waals surface area contributed by atoms with Crippen LogP contribution in [0.4, 0.5) is 5.69 Å². The van der Waals surface area contributed by atoms with Crippen molar-refractivity contribution < 1.29 is 16.8 Å². The second kappa shape index (κ2) is 7.56. The van der Waals surface area contributed by atoms with E-state index in [-0.39, 0.29) is 5.75 Å². The molecule has 0 amide bonds. The van der Waals surface area contributed by atoms with Crippen molar-refractivity contribution >= 4 is 31.4 Å². The summed E-state index contributed by atoms with van der Waals surface area (Å²) in [5, 5.41) is 4.36. The zero-order chi connectivity index (χ0) is 20.5. The molecule has 1 atom stereocenters. The van der Waals surface area contributed by atoms with E-state index < -0.39 is 26.1 Å². The predicted octanol–water partition coefficient (Wildman–Crippen LogP) is 2.87. The number of nitrogens with one attached hydrogen (secondary N) is 1. The molecule has 3 rings (SSSR count). The number of aryl methyl sites for hydroxylation is 1. The molecule has 1 aliphatic rings. The molecule has 1 aliphatic heterocycles. The van der Waals surface area contributed by atoms with Gasteiger partial charge in [0.15, 0.2) is 0 Å². The molecule has 1 heterocycles. The van der Waals surface area contributed by atoms with Gasteiger partial charge < -0.3 is 0 Å². The molecule has 0 fully saturated rings. The van der Waals surface area contributed by atoms with Gasteiger partial charge in [0.2, 0.25) is 20.0 Å². The number of hydrogen-bond donors (Lipinski definition) is 1. The third-order valence-corrected chi connectivity index (χ3v) is 6.83. The smallest absolute Gasteiger partial charge is 0.247 e. The highest BCUT2D eigenvalue weighted by Crippen LogP contribution is 2.35. The van der Waals surface area contributed by atoms with Crippen molar-refractivity contribution in [3.8, 4) is 0 Å². The minimum Gasteiger partial charge on any atom is -0.284 e. The number of hydrogen-bond acceptors (Lipinski definition) is 5. The highest BCUT2D eigenvalue weighted by molar-refractivity contribution is 7.92. The van der Waals surface area contributed by atoms with E-state index in [0.717, 1.165) is 27.4 Å². The Morgan fingerprint density at radius 2 is 1.79 bits per heavy atom. The van der Waals surface area contributed by atoms with Crippen molar-refractivity contribution in [1.82, 2.24) is 4.41 Å². The minimum atomic E-state index is -3.54. The molecule has 2 aromatic rings. The summed E-state index contributed by atoms with van der Waals surface area (Å²) in [6, 6.07) is 14.1. The lowest BCUT2D eigenvalue weighted by Gasteiger charge is -2.21.